The Morgan fingerprint density at radius 3 is 2.45 bits per heavy atom. The SMILES string of the molecule is CCOC1CC(NC(CC)c2ccc(Br)cc2)C1(C)C. The van der Waals surface area contributed by atoms with Crippen LogP contribution in [0.1, 0.15) is 52.1 Å². The van der Waals surface area contributed by atoms with E-state index in [1.54, 1.807) is 0 Å². The molecule has 112 valence electrons. The molecule has 1 N–H and O–H groups in total. The molecule has 1 aromatic rings. The first-order chi connectivity index (χ1) is 9.48. The van der Waals surface area contributed by atoms with Crippen LogP contribution >= 0.6 is 15.9 Å². The van der Waals surface area contributed by atoms with Gasteiger partial charge in [-0.1, -0.05) is 48.8 Å². The van der Waals surface area contributed by atoms with E-state index in [9.17, 15) is 0 Å². The molecule has 0 saturated heterocycles. The van der Waals surface area contributed by atoms with Gasteiger partial charge in [0.25, 0.3) is 0 Å². The van der Waals surface area contributed by atoms with Gasteiger partial charge in [-0.2, -0.15) is 0 Å². The van der Waals surface area contributed by atoms with Crippen LogP contribution in [0.15, 0.2) is 28.7 Å². The third-order valence-corrected chi connectivity index (χ3v) is 5.16. The lowest BCUT2D eigenvalue weighted by molar-refractivity contribution is -0.116. The second-order valence-electron chi connectivity index (χ2n) is 6.23. The fraction of sp³-hybridized carbons (Fsp3) is 0.647. The zero-order valence-corrected chi connectivity index (χ0v) is 14.5. The minimum atomic E-state index is 0.221. The molecule has 1 aliphatic carbocycles. The van der Waals surface area contributed by atoms with Gasteiger partial charge in [-0.25, -0.2) is 0 Å². The first kappa shape index (κ1) is 16.0. The summed E-state index contributed by atoms with van der Waals surface area (Å²) in [5.74, 6) is 0. The first-order valence-electron chi connectivity index (χ1n) is 7.62. The number of nitrogens with one attached hydrogen (secondary N) is 1. The normalized spacial score (nSPS) is 26.1. The van der Waals surface area contributed by atoms with Crippen molar-refractivity contribution in [2.45, 2.75) is 58.7 Å². The summed E-state index contributed by atoms with van der Waals surface area (Å²) < 4.78 is 6.95. The molecule has 0 spiro atoms. The van der Waals surface area contributed by atoms with E-state index in [0.717, 1.165) is 23.9 Å². The summed E-state index contributed by atoms with van der Waals surface area (Å²) in [5.41, 5.74) is 1.59. The molecule has 1 aliphatic rings. The van der Waals surface area contributed by atoms with Gasteiger partial charge in [0.05, 0.1) is 6.10 Å². The Morgan fingerprint density at radius 2 is 1.95 bits per heavy atom. The maximum Gasteiger partial charge on any atom is 0.0655 e. The van der Waals surface area contributed by atoms with Gasteiger partial charge < -0.3 is 10.1 Å². The topological polar surface area (TPSA) is 21.3 Å². The van der Waals surface area contributed by atoms with Crippen LogP contribution in [-0.2, 0) is 4.74 Å². The van der Waals surface area contributed by atoms with E-state index in [1.165, 1.54) is 5.56 Å². The molecule has 20 heavy (non-hydrogen) atoms. The lowest BCUT2D eigenvalue weighted by Crippen LogP contribution is -2.61. The van der Waals surface area contributed by atoms with Crippen molar-refractivity contribution in [1.82, 2.24) is 5.32 Å². The van der Waals surface area contributed by atoms with Crippen LogP contribution in [0.2, 0.25) is 0 Å². The van der Waals surface area contributed by atoms with Crippen molar-refractivity contribution in [1.29, 1.82) is 0 Å². The van der Waals surface area contributed by atoms with E-state index in [4.69, 9.17) is 4.74 Å². The smallest absolute Gasteiger partial charge is 0.0655 e. The highest BCUT2D eigenvalue weighted by molar-refractivity contribution is 9.10. The number of benzene rings is 1. The average Bonchev–Trinajstić information content (AvgIpc) is 2.43. The van der Waals surface area contributed by atoms with Gasteiger partial charge in [0.1, 0.15) is 0 Å². The van der Waals surface area contributed by atoms with Crippen LogP contribution in [0, 0.1) is 5.41 Å². The fourth-order valence-corrected chi connectivity index (χ4v) is 3.30. The van der Waals surface area contributed by atoms with Gasteiger partial charge in [0.15, 0.2) is 0 Å². The molecule has 0 amide bonds. The average molecular weight is 340 g/mol. The Balaban J connectivity index is 2.00. The monoisotopic (exact) mass is 339 g/mol. The van der Waals surface area contributed by atoms with Gasteiger partial charge in [-0.3, -0.25) is 0 Å². The standard InChI is InChI=1S/C17H26BrNO/c1-5-14(12-7-9-13(18)10-8-12)19-15-11-16(20-6-2)17(15,3)4/h7-10,14-16,19H,5-6,11H2,1-4H3. The molecule has 2 rings (SSSR count). The largest absolute Gasteiger partial charge is 0.378 e. The lowest BCUT2D eigenvalue weighted by atomic mass is 9.64. The van der Waals surface area contributed by atoms with Gasteiger partial charge in [-0.15, -0.1) is 0 Å². The van der Waals surface area contributed by atoms with E-state index in [1.807, 2.05) is 0 Å². The van der Waals surface area contributed by atoms with E-state index < -0.39 is 0 Å². The summed E-state index contributed by atoms with van der Waals surface area (Å²) in [6.45, 7) is 9.75. The summed E-state index contributed by atoms with van der Waals surface area (Å²) in [7, 11) is 0. The summed E-state index contributed by atoms with van der Waals surface area (Å²) in [5, 5.41) is 3.82. The predicted octanol–water partition coefficient (Wildman–Crippen LogP) is 4.69. The molecule has 1 fully saturated rings. The first-order valence-corrected chi connectivity index (χ1v) is 8.41. The number of hydrogen-bond donors (Lipinski definition) is 1. The quantitative estimate of drug-likeness (QED) is 0.811. The summed E-state index contributed by atoms with van der Waals surface area (Å²) in [6.07, 6.45) is 2.62. The molecule has 1 aromatic carbocycles. The summed E-state index contributed by atoms with van der Waals surface area (Å²) >= 11 is 3.50. The van der Waals surface area contributed by atoms with E-state index in [-0.39, 0.29) is 5.41 Å². The van der Waals surface area contributed by atoms with Crippen LogP contribution in [0.25, 0.3) is 0 Å². The maximum atomic E-state index is 5.81. The highest BCUT2D eigenvalue weighted by Crippen LogP contribution is 2.44. The van der Waals surface area contributed by atoms with Crippen LogP contribution in [0.4, 0.5) is 0 Å². The third-order valence-electron chi connectivity index (χ3n) is 4.63. The van der Waals surface area contributed by atoms with Crippen molar-refractivity contribution in [3.05, 3.63) is 34.3 Å². The van der Waals surface area contributed by atoms with Crippen LogP contribution in [-0.4, -0.2) is 18.8 Å². The number of halogens is 1. The Labute approximate surface area is 131 Å². The zero-order chi connectivity index (χ0) is 14.8. The van der Waals surface area contributed by atoms with Gasteiger partial charge >= 0.3 is 0 Å². The molecule has 3 unspecified atom stereocenters. The molecular formula is C17H26BrNO. The Kier molecular flexibility index (Phi) is 5.27. The molecule has 3 heteroatoms. The predicted molar refractivity (Wildman–Crippen MR) is 87.9 cm³/mol. The van der Waals surface area contributed by atoms with Gasteiger partial charge in [-0.05, 0) is 37.5 Å². The van der Waals surface area contributed by atoms with Crippen LogP contribution in [0.5, 0.6) is 0 Å². The zero-order valence-electron chi connectivity index (χ0n) is 12.9. The Morgan fingerprint density at radius 1 is 1.30 bits per heavy atom. The lowest BCUT2D eigenvalue weighted by Gasteiger charge is -2.53. The van der Waals surface area contributed by atoms with E-state index in [2.05, 4.69) is 73.2 Å². The summed E-state index contributed by atoms with van der Waals surface area (Å²) in [4.78, 5) is 0. The Hall–Kier alpha value is -0.380. The van der Waals surface area contributed by atoms with Crippen LogP contribution in [0.3, 0.4) is 0 Å². The number of rotatable bonds is 6. The van der Waals surface area contributed by atoms with Crippen molar-refractivity contribution >= 4 is 15.9 Å². The minimum Gasteiger partial charge on any atom is -0.378 e. The van der Waals surface area contributed by atoms with Crippen molar-refractivity contribution in [3.8, 4) is 0 Å². The van der Waals surface area contributed by atoms with E-state index >= 15 is 0 Å². The van der Waals surface area contributed by atoms with Crippen molar-refractivity contribution in [2.75, 3.05) is 6.61 Å². The molecule has 0 aromatic heterocycles. The fourth-order valence-electron chi connectivity index (χ4n) is 3.04. The van der Waals surface area contributed by atoms with Gasteiger partial charge in [0, 0.05) is 28.6 Å². The number of hydrogen-bond acceptors (Lipinski definition) is 2. The van der Waals surface area contributed by atoms with E-state index in [0.29, 0.717) is 18.2 Å². The molecule has 0 aliphatic heterocycles. The second-order valence-corrected chi connectivity index (χ2v) is 7.15. The minimum absolute atomic E-state index is 0.221. The molecule has 2 nitrogen and oxygen atoms in total. The van der Waals surface area contributed by atoms with Gasteiger partial charge in [0.2, 0.25) is 0 Å². The highest BCUT2D eigenvalue weighted by Gasteiger charge is 2.49. The third kappa shape index (κ3) is 3.26. The molecular weight excluding hydrogens is 314 g/mol. The van der Waals surface area contributed by atoms with Crippen molar-refractivity contribution < 1.29 is 4.74 Å². The van der Waals surface area contributed by atoms with Crippen LogP contribution < -0.4 is 5.32 Å². The second kappa shape index (κ2) is 6.59. The maximum absolute atomic E-state index is 5.81. The molecule has 0 radical (unpaired) electrons. The number of ether oxygens (including phenoxy) is 1. The van der Waals surface area contributed by atoms with Crippen molar-refractivity contribution in [3.63, 3.8) is 0 Å². The Bertz CT molecular complexity index is 429. The molecule has 0 bridgehead atoms. The highest BCUT2D eigenvalue weighted by atomic mass is 79.9. The summed E-state index contributed by atoms with van der Waals surface area (Å²) in [6, 6.07) is 9.61. The molecule has 0 heterocycles. The molecule has 3 atom stereocenters. The molecule has 1 saturated carbocycles. The van der Waals surface area contributed by atoms with Crippen molar-refractivity contribution in [2.24, 2.45) is 5.41 Å².